The summed E-state index contributed by atoms with van der Waals surface area (Å²) in [7, 11) is 0. The number of amides is 2. The maximum absolute atomic E-state index is 12.5. The zero-order chi connectivity index (χ0) is 18.6. The second-order valence-electron chi connectivity index (χ2n) is 8.22. The lowest BCUT2D eigenvalue weighted by Gasteiger charge is -2.34. The first-order valence-corrected chi connectivity index (χ1v) is 11.2. The lowest BCUT2D eigenvalue weighted by atomic mass is 10.0. The Hall–Kier alpha value is -1.27. The molecule has 5 nitrogen and oxygen atoms in total. The van der Waals surface area contributed by atoms with Crippen LogP contribution in [0, 0.1) is 5.92 Å². The van der Waals surface area contributed by atoms with Gasteiger partial charge in [0.2, 0.25) is 0 Å². The number of benzene rings is 1. The van der Waals surface area contributed by atoms with E-state index in [0.717, 1.165) is 54.1 Å². The molecule has 6 heteroatoms. The standard InChI is InChI=1S/C21H30BrN3O2/c22-16-5-6-20-18(13-16)19(9-12-27-20)24-21(26)23-17-7-10-25(11-8-17)14-15-3-1-2-4-15/h5-6,13,15,17,19H,1-4,7-12,14H2,(H2,23,24,26). The minimum absolute atomic E-state index is 0.00806. The van der Waals surface area contributed by atoms with Gasteiger partial charge in [-0.1, -0.05) is 28.8 Å². The molecule has 0 aromatic heterocycles. The molecule has 1 unspecified atom stereocenters. The number of piperidine rings is 1. The Morgan fingerprint density at radius 1 is 1.11 bits per heavy atom. The van der Waals surface area contributed by atoms with Crippen LogP contribution < -0.4 is 15.4 Å². The smallest absolute Gasteiger partial charge is 0.315 e. The Morgan fingerprint density at radius 3 is 2.67 bits per heavy atom. The number of halogens is 1. The summed E-state index contributed by atoms with van der Waals surface area (Å²) in [6, 6.07) is 6.22. The van der Waals surface area contributed by atoms with E-state index in [-0.39, 0.29) is 18.1 Å². The van der Waals surface area contributed by atoms with E-state index in [9.17, 15) is 4.79 Å². The van der Waals surface area contributed by atoms with E-state index >= 15 is 0 Å². The highest BCUT2D eigenvalue weighted by Gasteiger charge is 2.26. The molecule has 3 aliphatic rings. The number of carbonyl (C=O) groups is 1. The van der Waals surface area contributed by atoms with E-state index < -0.39 is 0 Å². The molecule has 2 amide bonds. The topological polar surface area (TPSA) is 53.6 Å². The molecule has 27 heavy (non-hydrogen) atoms. The van der Waals surface area contributed by atoms with Crippen molar-refractivity contribution in [2.24, 2.45) is 5.92 Å². The zero-order valence-corrected chi connectivity index (χ0v) is 17.5. The number of ether oxygens (including phenoxy) is 1. The van der Waals surface area contributed by atoms with Gasteiger partial charge in [0.05, 0.1) is 12.6 Å². The fraction of sp³-hybridized carbons (Fsp3) is 0.667. The molecule has 2 heterocycles. The van der Waals surface area contributed by atoms with Crippen LogP contribution in [-0.2, 0) is 0 Å². The van der Waals surface area contributed by atoms with Crippen LogP contribution in [0.2, 0.25) is 0 Å². The number of urea groups is 1. The van der Waals surface area contributed by atoms with Crippen LogP contribution in [0.1, 0.15) is 56.6 Å². The normalized spacial score (nSPS) is 24.3. The molecule has 1 saturated heterocycles. The van der Waals surface area contributed by atoms with Crippen molar-refractivity contribution >= 4 is 22.0 Å². The average Bonchev–Trinajstić information content (AvgIpc) is 3.17. The molecule has 0 spiro atoms. The molecule has 1 aromatic rings. The summed E-state index contributed by atoms with van der Waals surface area (Å²) in [5.41, 5.74) is 1.05. The average molecular weight is 436 g/mol. The molecule has 0 bridgehead atoms. The summed E-state index contributed by atoms with van der Waals surface area (Å²) >= 11 is 3.51. The van der Waals surface area contributed by atoms with Crippen molar-refractivity contribution in [3.05, 3.63) is 28.2 Å². The third-order valence-corrected chi connectivity index (χ3v) is 6.72. The molecule has 4 rings (SSSR count). The Morgan fingerprint density at radius 2 is 1.89 bits per heavy atom. The molecule has 148 valence electrons. The van der Waals surface area contributed by atoms with E-state index in [0.29, 0.717) is 6.61 Å². The number of carbonyl (C=O) groups excluding carboxylic acids is 1. The minimum Gasteiger partial charge on any atom is -0.493 e. The molecule has 1 atom stereocenters. The van der Waals surface area contributed by atoms with Gasteiger partial charge < -0.3 is 20.3 Å². The highest BCUT2D eigenvalue weighted by molar-refractivity contribution is 9.10. The molecule has 1 aliphatic carbocycles. The number of nitrogens with zero attached hydrogens (tertiary/aromatic N) is 1. The number of rotatable bonds is 4. The summed E-state index contributed by atoms with van der Waals surface area (Å²) in [5, 5.41) is 6.35. The van der Waals surface area contributed by atoms with Gasteiger partial charge in [0.1, 0.15) is 5.75 Å². The fourth-order valence-electron chi connectivity index (χ4n) is 4.72. The van der Waals surface area contributed by atoms with E-state index in [4.69, 9.17) is 4.74 Å². The maximum Gasteiger partial charge on any atom is 0.315 e. The van der Waals surface area contributed by atoms with Gasteiger partial charge in [-0.15, -0.1) is 0 Å². The highest BCUT2D eigenvalue weighted by atomic mass is 79.9. The molecule has 2 aliphatic heterocycles. The second kappa shape index (κ2) is 8.82. The summed E-state index contributed by atoms with van der Waals surface area (Å²) in [5.74, 6) is 1.78. The Bertz CT molecular complexity index is 655. The van der Waals surface area contributed by atoms with Crippen molar-refractivity contribution < 1.29 is 9.53 Å². The number of fused-ring (bicyclic) bond motifs is 1. The van der Waals surface area contributed by atoms with Crippen molar-refractivity contribution in [2.75, 3.05) is 26.2 Å². The van der Waals surface area contributed by atoms with Crippen LogP contribution in [0.4, 0.5) is 4.79 Å². The first-order chi connectivity index (χ1) is 13.2. The molecule has 0 radical (unpaired) electrons. The summed E-state index contributed by atoms with van der Waals surface area (Å²) in [4.78, 5) is 15.1. The molecular formula is C21H30BrN3O2. The molecule has 1 saturated carbocycles. The summed E-state index contributed by atoms with van der Waals surface area (Å²) in [6.45, 7) is 4.11. The summed E-state index contributed by atoms with van der Waals surface area (Å²) in [6.07, 6.45) is 8.54. The van der Waals surface area contributed by atoms with Gasteiger partial charge in [0.25, 0.3) is 0 Å². The largest absolute Gasteiger partial charge is 0.493 e. The highest BCUT2D eigenvalue weighted by Crippen LogP contribution is 2.34. The molecular weight excluding hydrogens is 406 g/mol. The van der Waals surface area contributed by atoms with Crippen molar-refractivity contribution in [1.29, 1.82) is 0 Å². The van der Waals surface area contributed by atoms with Crippen LogP contribution in [-0.4, -0.2) is 43.2 Å². The SMILES string of the molecule is O=C(NC1CCN(CC2CCCC2)CC1)NC1CCOc2ccc(Br)cc21. The van der Waals surface area contributed by atoms with Crippen molar-refractivity contribution in [3.8, 4) is 5.75 Å². The van der Waals surface area contributed by atoms with Gasteiger partial charge >= 0.3 is 6.03 Å². The zero-order valence-electron chi connectivity index (χ0n) is 15.9. The molecule has 2 fully saturated rings. The number of nitrogens with one attached hydrogen (secondary N) is 2. The van der Waals surface area contributed by atoms with Gasteiger partial charge in [-0.05, 0) is 49.8 Å². The van der Waals surface area contributed by atoms with Crippen molar-refractivity contribution in [2.45, 2.75) is 57.0 Å². The van der Waals surface area contributed by atoms with Crippen LogP contribution in [0.25, 0.3) is 0 Å². The third-order valence-electron chi connectivity index (χ3n) is 6.23. The monoisotopic (exact) mass is 435 g/mol. The molecule has 2 N–H and O–H groups in total. The van der Waals surface area contributed by atoms with Crippen LogP contribution in [0.5, 0.6) is 5.75 Å². The summed E-state index contributed by atoms with van der Waals surface area (Å²) < 4.78 is 6.72. The first-order valence-electron chi connectivity index (χ1n) is 10.4. The Labute approximate surface area is 170 Å². The van der Waals surface area contributed by atoms with E-state index in [1.54, 1.807) is 0 Å². The van der Waals surface area contributed by atoms with E-state index in [2.05, 4.69) is 31.5 Å². The minimum atomic E-state index is -0.0536. The Balaban J connectivity index is 1.24. The van der Waals surface area contributed by atoms with Crippen LogP contribution >= 0.6 is 15.9 Å². The first kappa shape index (κ1) is 19.1. The van der Waals surface area contributed by atoms with Crippen molar-refractivity contribution in [1.82, 2.24) is 15.5 Å². The maximum atomic E-state index is 12.5. The van der Waals surface area contributed by atoms with Gasteiger partial charge in [-0.2, -0.15) is 0 Å². The van der Waals surface area contributed by atoms with Crippen molar-refractivity contribution in [3.63, 3.8) is 0 Å². The molecule has 1 aromatic carbocycles. The second-order valence-corrected chi connectivity index (χ2v) is 9.13. The number of hydrogen-bond acceptors (Lipinski definition) is 3. The van der Waals surface area contributed by atoms with E-state index in [1.165, 1.54) is 32.2 Å². The van der Waals surface area contributed by atoms with Gasteiger partial charge in [-0.25, -0.2) is 4.79 Å². The van der Waals surface area contributed by atoms with Gasteiger partial charge in [0.15, 0.2) is 0 Å². The quantitative estimate of drug-likeness (QED) is 0.743. The lowest BCUT2D eigenvalue weighted by molar-refractivity contribution is 0.170. The lowest BCUT2D eigenvalue weighted by Crippen LogP contribution is -2.49. The van der Waals surface area contributed by atoms with Crippen LogP contribution in [0.3, 0.4) is 0 Å². The fourth-order valence-corrected chi connectivity index (χ4v) is 5.10. The van der Waals surface area contributed by atoms with Gasteiger partial charge in [-0.3, -0.25) is 0 Å². The number of hydrogen-bond donors (Lipinski definition) is 2. The predicted octanol–water partition coefficient (Wildman–Crippen LogP) is 4.23. The predicted molar refractivity (Wildman–Crippen MR) is 110 cm³/mol. The number of likely N-dealkylation sites (tertiary alicyclic amines) is 1. The Kier molecular flexibility index (Phi) is 6.23. The van der Waals surface area contributed by atoms with E-state index in [1.807, 2.05) is 18.2 Å². The third kappa shape index (κ3) is 4.96. The van der Waals surface area contributed by atoms with Gasteiger partial charge in [0, 0.05) is 42.1 Å². The van der Waals surface area contributed by atoms with Crippen LogP contribution in [0.15, 0.2) is 22.7 Å².